The van der Waals surface area contributed by atoms with Gasteiger partial charge in [0.1, 0.15) is 0 Å². The van der Waals surface area contributed by atoms with Gasteiger partial charge < -0.3 is 4.90 Å². The highest BCUT2D eigenvalue weighted by molar-refractivity contribution is 5.78. The number of rotatable bonds is 3. The van der Waals surface area contributed by atoms with E-state index in [1.165, 1.54) is 6.42 Å². The van der Waals surface area contributed by atoms with E-state index in [1.807, 2.05) is 4.90 Å². The minimum atomic E-state index is 0.352. The van der Waals surface area contributed by atoms with Crippen molar-refractivity contribution >= 4 is 5.91 Å². The van der Waals surface area contributed by atoms with E-state index in [1.54, 1.807) is 0 Å². The minimum absolute atomic E-state index is 0.352. The van der Waals surface area contributed by atoms with Crippen LogP contribution in [0.1, 0.15) is 33.1 Å². The summed E-state index contributed by atoms with van der Waals surface area (Å²) in [6.45, 7) is 6.33. The van der Waals surface area contributed by atoms with E-state index in [-0.39, 0.29) is 0 Å². The van der Waals surface area contributed by atoms with Gasteiger partial charge in [-0.1, -0.05) is 20.3 Å². The highest BCUT2D eigenvalue weighted by atomic mass is 16.2. The molecule has 0 aromatic heterocycles. The van der Waals surface area contributed by atoms with Crippen molar-refractivity contribution in [2.45, 2.75) is 33.1 Å². The van der Waals surface area contributed by atoms with E-state index in [0.717, 1.165) is 25.9 Å². The van der Waals surface area contributed by atoms with E-state index in [0.29, 0.717) is 11.8 Å². The first-order chi connectivity index (χ1) is 5.24. The van der Waals surface area contributed by atoms with Crippen LogP contribution in [-0.4, -0.2) is 23.9 Å². The highest BCUT2D eigenvalue weighted by Crippen LogP contribution is 2.13. The molecule has 1 atom stereocenters. The molecule has 11 heavy (non-hydrogen) atoms. The molecule has 0 aliphatic carbocycles. The van der Waals surface area contributed by atoms with Crippen molar-refractivity contribution in [1.29, 1.82) is 0 Å². The number of likely N-dealkylation sites (tertiary alicyclic amines) is 1. The lowest BCUT2D eigenvalue weighted by molar-refractivity contribution is -0.128. The Morgan fingerprint density at radius 2 is 2.36 bits per heavy atom. The maximum atomic E-state index is 11.2. The Labute approximate surface area is 68.6 Å². The summed E-state index contributed by atoms with van der Waals surface area (Å²) >= 11 is 0. The van der Waals surface area contributed by atoms with Gasteiger partial charge in [0.2, 0.25) is 5.91 Å². The van der Waals surface area contributed by atoms with E-state index in [4.69, 9.17) is 0 Å². The maximum absolute atomic E-state index is 11.2. The molecular formula is C9H17NO. The second kappa shape index (κ2) is 3.74. The second-order valence-electron chi connectivity index (χ2n) is 3.46. The zero-order chi connectivity index (χ0) is 8.27. The Kier molecular flexibility index (Phi) is 2.92. The van der Waals surface area contributed by atoms with E-state index >= 15 is 0 Å². The third-order valence-corrected chi connectivity index (χ3v) is 2.40. The van der Waals surface area contributed by atoms with Gasteiger partial charge in [-0.3, -0.25) is 4.79 Å². The van der Waals surface area contributed by atoms with Crippen molar-refractivity contribution in [3.8, 4) is 0 Å². The molecule has 2 nitrogen and oxygen atoms in total. The maximum Gasteiger partial charge on any atom is 0.222 e. The number of amides is 1. The van der Waals surface area contributed by atoms with Crippen molar-refractivity contribution < 1.29 is 4.79 Å². The summed E-state index contributed by atoms with van der Waals surface area (Å²) in [4.78, 5) is 13.1. The molecule has 0 aromatic carbocycles. The van der Waals surface area contributed by atoms with Crippen LogP contribution in [0.3, 0.4) is 0 Å². The van der Waals surface area contributed by atoms with Crippen LogP contribution in [0.15, 0.2) is 0 Å². The van der Waals surface area contributed by atoms with Gasteiger partial charge in [0.25, 0.3) is 0 Å². The van der Waals surface area contributed by atoms with Crippen molar-refractivity contribution in [1.82, 2.24) is 4.90 Å². The molecule has 2 heteroatoms. The number of hydrogen-bond acceptors (Lipinski definition) is 1. The number of carbonyl (C=O) groups is 1. The topological polar surface area (TPSA) is 20.3 Å². The molecule has 1 aliphatic rings. The van der Waals surface area contributed by atoms with Gasteiger partial charge in [-0.15, -0.1) is 0 Å². The molecule has 0 N–H and O–H groups in total. The Morgan fingerprint density at radius 3 is 2.82 bits per heavy atom. The summed E-state index contributed by atoms with van der Waals surface area (Å²) in [5, 5.41) is 0. The predicted molar refractivity (Wildman–Crippen MR) is 45.3 cm³/mol. The van der Waals surface area contributed by atoms with Crippen LogP contribution in [0, 0.1) is 5.92 Å². The van der Waals surface area contributed by atoms with Crippen LogP contribution < -0.4 is 0 Å². The van der Waals surface area contributed by atoms with Crippen molar-refractivity contribution in [3.63, 3.8) is 0 Å². The predicted octanol–water partition coefficient (Wildman–Crippen LogP) is 1.65. The molecule has 0 spiro atoms. The molecule has 0 bridgehead atoms. The minimum Gasteiger partial charge on any atom is -0.342 e. The third-order valence-electron chi connectivity index (χ3n) is 2.40. The molecule has 1 rings (SSSR count). The van der Waals surface area contributed by atoms with E-state index in [9.17, 15) is 4.79 Å². The summed E-state index contributed by atoms with van der Waals surface area (Å²) in [5.74, 6) is 1.02. The van der Waals surface area contributed by atoms with Gasteiger partial charge in [0.15, 0.2) is 0 Å². The molecule has 0 saturated carbocycles. The Balaban J connectivity index is 2.30. The zero-order valence-corrected chi connectivity index (χ0v) is 7.47. The van der Waals surface area contributed by atoms with Gasteiger partial charge in [-0.25, -0.2) is 0 Å². The quantitative estimate of drug-likeness (QED) is 0.607. The molecule has 0 aromatic rings. The van der Waals surface area contributed by atoms with Crippen LogP contribution in [0.5, 0.6) is 0 Å². The smallest absolute Gasteiger partial charge is 0.222 e. The summed E-state index contributed by atoms with van der Waals surface area (Å²) in [7, 11) is 0. The number of nitrogens with zero attached hydrogens (tertiary/aromatic N) is 1. The average molecular weight is 155 g/mol. The Bertz CT molecular complexity index is 144. The van der Waals surface area contributed by atoms with Gasteiger partial charge in [-0.05, 0) is 12.3 Å². The van der Waals surface area contributed by atoms with Crippen LogP contribution in [0.2, 0.25) is 0 Å². The van der Waals surface area contributed by atoms with Crippen molar-refractivity contribution in [2.24, 2.45) is 5.92 Å². The third kappa shape index (κ3) is 2.21. The van der Waals surface area contributed by atoms with Gasteiger partial charge in [-0.2, -0.15) is 0 Å². The van der Waals surface area contributed by atoms with Crippen LogP contribution in [0.4, 0.5) is 0 Å². The fourth-order valence-corrected chi connectivity index (χ4v) is 1.40. The van der Waals surface area contributed by atoms with E-state index < -0.39 is 0 Å². The first-order valence-electron chi connectivity index (χ1n) is 4.51. The van der Waals surface area contributed by atoms with Crippen molar-refractivity contribution in [2.75, 3.05) is 13.1 Å². The molecule has 0 unspecified atom stereocenters. The highest BCUT2D eigenvalue weighted by Gasteiger charge is 2.20. The first-order valence-corrected chi connectivity index (χ1v) is 4.51. The fraction of sp³-hybridized carbons (Fsp3) is 0.889. The number of carbonyl (C=O) groups excluding carboxylic acids is 1. The summed E-state index contributed by atoms with van der Waals surface area (Å²) in [5.41, 5.74) is 0. The lowest BCUT2D eigenvalue weighted by Crippen LogP contribution is -2.29. The van der Waals surface area contributed by atoms with Crippen LogP contribution in [0.25, 0.3) is 0 Å². The SMILES string of the molecule is CC[C@H](C)CN1CCCC1=O. The molecular weight excluding hydrogens is 138 g/mol. The van der Waals surface area contributed by atoms with Gasteiger partial charge in [0, 0.05) is 19.5 Å². The normalized spacial score (nSPS) is 20.9. The summed E-state index contributed by atoms with van der Waals surface area (Å²) in [6, 6.07) is 0. The van der Waals surface area contributed by atoms with Gasteiger partial charge in [0.05, 0.1) is 0 Å². The summed E-state index contributed by atoms with van der Waals surface area (Å²) < 4.78 is 0. The molecule has 1 aliphatic heterocycles. The molecule has 1 heterocycles. The first kappa shape index (κ1) is 8.57. The van der Waals surface area contributed by atoms with Crippen LogP contribution in [-0.2, 0) is 4.79 Å². The fourth-order valence-electron chi connectivity index (χ4n) is 1.40. The van der Waals surface area contributed by atoms with Crippen LogP contribution >= 0.6 is 0 Å². The standard InChI is InChI=1S/C9H17NO/c1-3-8(2)7-10-6-4-5-9(10)11/h8H,3-7H2,1-2H3/t8-/m0/s1. The average Bonchev–Trinajstić information content (AvgIpc) is 2.37. The number of hydrogen-bond donors (Lipinski definition) is 0. The molecule has 1 amide bonds. The monoisotopic (exact) mass is 155 g/mol. The Morgan fingerprint density at radius 1 is 1.64 bits per heavy atom. The lowest BCUT2D eigenvalue weighted by Gasteiger charge is -2.19. The molecule has 64 valence electrons. The molecule has 0 radical (unpaired) electrons. The molecule has 1 fully saturated rings. The van der Waals surface area contributed by atoms with Gasteiger partial charge >= 0.3 is 0 Å². The summed E-state index contributed by atoms with van der Waals surface area (Å²) in [6.07, 6.45) is 3.01. The largest absolute Gasteiger partial charge is 0.342 e. The molecule has 1 saturated heterocycles. The Hall–Kier alpha value is -0.530. The van der Waals surface area contributed by atoms with Crippen molar-refractivity contribution in [3.05, 3.63) is 0 Å². The van der Waals surface area contributed by atoms with E-state index in [2.05, 4.69) is 13.8 Å². The second-order valence-corrected chi connectivity index (χ2v) is 3.46. The zero-order valence-electron chi connectivity index (χ0n) is 7.47. The lowest BCUT2D eigenvalue weighted by atomic mass is 10.1.